The van der Waals surface area contributed by atoms with E-state index in [1.165, 1.54) is 12.0 Å². The van der Waals surface area contributed by atoms with Crippen LogP contribution in [0.25, 0.3) is 0 Å². The Bertz CT molecular complexity index is 287. The van der Waals surface area contributed by atoms with Crippen LogP contribution in [0.5, 0.6) is 5.75 Å². The highest BCUT2D eigenvalue weighted by Gasteiger charge is 1.97. The van der Waals surface area contributed by atoms with Gasteiger partial charge in [0, 0.05) is 6.54 Å². The van der Waals surface area contributed by atoms with Gasteiger partial charge in [0.15, 0.2) is 0 Å². The summed E-state index contributed by atoms with van der Waals surface area (Å²) in [6.45, 7) is 2.83. The summed E-state index contributed by atoms with van der Waals surface area (Å²) in [5, 5.41) is 0. The molecule has 0 aliphatic carbocycles. The van der Waals surface area contributed by atoms with E-state index in [9.17, 15) is 0 Å². The lowest BCUT2D eigenvalue weighted by molar-refractivity contribution is 0.261. The minimum Gasteiger partial charge on any atom is -0.492 e. The van der Waals surface area contributed by atoms with Gasteiger partial charge in [0.25, 0.3) is 0 Å². The van der Waals surface area contributed by atoms with Crippen molar-refractivity contribution in [3.63, 3.8) is 0 Å². The number of hydrogen-bond donors (Lipinski definition) is 0. The molecule has 0 unspecified atom stereocenters. The normalized spacial score (nSPS) is 11.2. The molecule has 0 saturated heterocycles. The van der Waals surface area contributed by atoms with Gasteiger partial charge >= 0.3 is 0 Å². The minimum absolute atomic E-state index is 0.743. The average Bonchev–Trinajstić information content (AvgIpc) is 2.30. The quantitative estimate of drug-likeness (QED) is 0.703. The lowest BCUT2D eigenvalue weighted by atomic mass is 10.1. The summed E-state index contributed by atoms with van der Waals surface area (Å²) in [4.78, 5) is 4.34. The van der Waals surface area contributed by atoms with E-state index in [1.807, 2.05) is 0 Å². The first-order valence-electron chi connectivity index (χ1n) is 6.59. The Morgan fingerprint density at radius 1 is 0.889 bits per heavy atom. The van der Waals surface area contributed by atoms with Crippen LogP contribution in [0.15, 0.2) is 24.3 Å². The van der Waals surface area contributed by atoms with E-state index >= 15 is 0 Å². The summed E-state index contributed by atoms with van der Waals surface area (Å²) in [6, 6.07) is 8.47. The third-order valence-corrected chi connectivity index (χ3v) is 2.80. The molecule has 0 radical (unpaired) electrons. The van der Waals surface area contributed by atoms with Crippen molar-refractivity contribution in [2.45, 2.75) is 12.8 Å². The summed E-state index contributed by atoms with van der Waals surface area (Å²) in [5.41, 5.74) is 1.39. The highest BCUT2D eigenvalue weighted by molar-refractivity contribution is 5.27. The van der Waals surface area contributed by atoms with E-state index < -0.39 is 0 Å². The van der Waals surface area contributed by atoms with E-state index in [-0.39, 0.29) is 0 Å². The van der Waals surface area contributed by atoms with Gasteiger partial charge in [-0.2, -0.15) is 0 Å². The van der Waals surface area contributed by atoms with Crippen LogP contribution in [0.1, 0.15) is 12.0 Å². The molecule has 0 bridgehead atoms. The smallest absolute Gasteiger partial charge is 0.119 e. The molecule has 1 aromatic carbocycles. The van der Waals surface area contributed by atoms with Crippen molar-refractivity contribution in [2.75, 3.05) is 47.9 Å². The van der Waals surface area contributed by atoms with Crippen molar-refractivity contribution in [3.05, 3.63) is 29.8 Å². The van der Waals surface area contributed by atoms with E-state index in [0.717, 1.165) is 31.9 Å². The molecular weight excluding hydrogens is 224 g/mol. The lowest BCUT2D eigenvalue weighted by Crippen LogP contribution is -2.19. The molecule has 0 aliphatic rings. The van der Waals surface area contributed by atoms with Gasteiger partial charge < -0.3 is 14.5 Å². The Labute approximate surface area is 111 Å². The summed E-state index contributed by atoms with van der Waals surface area (Å²) in [5.74, 6) is 0.966. The second kappa shape index (κ2) is 8.11. The molecule has 3 heteroatoms. The molecule has 0 aliphatic heterocycles. The van der Waals surface area contributed by atoms with Crippen molar-refractivity contribution < 1.29 is 4.74 Å². The van der Waals surface area contributed by atoms with Crippen LogP contribution in [0.3, 0.4) is 0 Å². The van der Waals surface area contributed by atoms with Gasteiger partial charge in [-0.25, -0.2) is 0 Å². The highest BCUT2D eigenvalue weighted by Crippen LogP contribution is 2.13. The van der Waals surface area contributed by atoms with Crippen LogP contribution in [0, 0.1) is 0 Å². The van der Waals surface area contributed by atoms with Crippen LogP contribution in [-0.4, -0.2) is 57.7 Å². The van der Waals surface area contributed by atoms with Crippen LogP contribution in [0.2, 0.25) is 0 Å². The van der Waals surface area contributed by atoms with Gasteiger partial charge in [-0.05, 0) is 65.3 Å². The number of aryl methyl sites for hydroxylation is 1. The van der Waals surface area contributed by atoms with E-state index in [0.29, 0.717) is 0 Å². The maximum atomic E-state index is 5.66. The minimum atomic E-state index is 0.743. The Morgan fingerprint density at radius 3 is 2.06 bits per heavy atom. The van der Waals surface area contributed by atoms with Crippen molar-refractivity contribution in [1.82, 2.24) is 9.80 Å². The predicted molar refractivity (Wildman–Crippen MR) is 77.4 cm³/mol. The number of likely N-dealkylation sites (N-methyl/N-ethyl adjacent to an activating group) is 1. The lowest BCUT2D eigenvalue weighted by Gasteiger charge is -2.12. The van der Waals surface area contributed by atoms with E-state index in [4.69, 9.17) is 4.74 Å². The largest absolute Gasteiger partial charge is 0.492 e. The monoisotopic (exact) mass is 250 g/mol. The molecule has 0 fully saturated rings. The standard InChI is InChI=1S/C15H26N2O/c1-16(2)11-5-6-14-7-9-15(10-8-14)18-13-12-17(3)4/h7-10H,5-6,11-13H2,1-4H3. The Hall–Kier alpha value is -1.06. The molecule has 1 rings (SSSR count). The molecule has 0 aromatic heterocycles. The van der Waals surface area contributed by atoms with Crippen LogP contribution in [-0.2, 0) is 6.42 Å². The second-order valence-corrected chi connectivity index (χ2v) is 5.20. The maximum absolute atomic E-state index is 5.66. The first kappa shape index (κ1) is 15.0. The first-order valence-corrected chi connectivity index (χ1v) is 6.59. The number of rotatable bonds is 8. The zero-order valence-corrected chi connectivity index (χ0v) is 12.1. The van der Waals surface area contributed by atoms with Gasteiger partial charge in [-0.3, -0.25) is 0 Å². The van der Waals surface area contributed by atoms with Crippen molar-refractivity contribution in [2.24, 2.45) is 0 Å². The summed E-state index contributed by atoms with van der Waals surface area (Å²) >= 11 is 0. The zero-order valence-electron chi connectivity index (χ0n) is 12.1. The molecule has 0 spiro atoms. The molecule has 0 heterocycles. The first-order chi connectivity index (χ1) is 8.58. The van der Waals surface area contributed by atoms with Gasteiger partial charge in [0.2, 0.25) is 0 Å². The summed E-state index contributed by atoms with van der Waals surface area (Å²) in [6.07, 6.45) is 2.34. The number of hydrogen-bond acceptors (Lipinski definition) is 3. The predicted octanol–water partition coefficient (Wildman–Crippen LogP) is 2.12. The fraction of sp³-hybridized carbons (Fsp3) is 0.600. The average molecular weight is 250 g/mol. The SMILES string of the molecule is CN(C)CCCc1ccc(OCCN(C)C)cc1. The van der Waals surface area contributed by atoms with Crippen molar-refractivity contribution in [3.8, 4) is 5.75 Å². The fourth-order valence-electron chi connectivity index (χ4n) is 1.70. The molecule has 0 amide bonds. The molecule has 3 nitrogen and oxygen atoms in total. The zero-order chi connectivity index (χ0) is 13.4. The number of ether oxygens (including phenoxy) is 1. The molecule has 0 saturated carbocycles. The maximum Gasteiger partial charge on any atom is 0.119 e. The third kappa shape index (κ3) is 6.62. The van der Waals surface area contributed by atoms with Gasteiger partial charge in [0.1, 0.15) is 12.4 Å². The molecule has 102 valence electrons. The van der Waals surface area contributed by atoms with Crippen molar-refractivity contribution >= 4 is 0 Å². The van der Waals surface area contributed by atoms with Gasteiger partial charge in [-0.15, -0.1) is 0 Å². The number of nitrogens with zero attached hydrogens (tertiary/aromatic N) is 2. The van der Waals surface area contributed by atoms with E-state index in [2.05, 4.69) is 62.3 Å². The van der Waals surface area contributed by atoms with E-state index in [1.54, 1.807) is 0 Å². The molecule has 18 heavy (non-hydrogen) atoms. The fourth-order valence-corrected chi connectivity index (χ4v) is 1.70. The van der Waals surface area contributed by atoms with Gasteiger partial charge in [-0.1, -0.05) is 12.1 Å². The van der Waals surface area contributed by atoms with Crippen LogP contribution in [0.4, 0.5) is 0 Å². The topological polar surface area (TPSA) is 15.7 Å². The second-order valence-electron chi connectivity index (χ2n) is 5.20. The third-order valence-electron chi connectivity index (χ3n) is 2.80. The molecule has 0 atom stereocenters. The Balaban J connectivity index is 2.28. The Morgan fingerprint density at radius 2 is 1.50 bits per heavy atom. The van der Waals surface area contributed by atoms with Gasteiger partial charge in [0.05, 0.1) is 0 Å². The van der Waals surface area contributed by atoms with Crippen LogP contribution < -0.4 is 4.74 Å². The molecule has 1 aromatic rings. The summed E-state index contributed by atoms with van der Waals surface area (Å²) < 4.78 is 5.66. The molecular formula is C15H26N2O. The van der Waals surface area contributed by atoms with Crippen molar-refractivity contribution in [1.29, 1.82) is 0 Å². The highest BCUT2D eigenvalue weighted by atomic mass is 16.5. The van der Waals surface area contributed by atoms with Crippen LogP contribution >= 0.6 is 0 Å². The Kier molecular flexibility index (Phi) is 6.76. The summed E-state index contributed by atoms with van der Waals surface area (Å²) in [7, 11) is 8.33. The molecule has 0 N–H and O–H groups in total. The number of benzene rings is 1.